The summed E-state index contributed by atoms with van der Waals surface area (Å²) >= 11 is 0. The van der Waals surface area contributed by atoms with Gasteiger partial charge in [0.05, 0.1) is 11.5 Å². The Kier molecular flexibility index (Phi) is 7.22. The summed E-state index contributed by atoms with van der Waals surface area (Å²) in [5.74, 6) is -1.57. The van der Waals surface area contributed by atoms with Gasteiger partial charge in [0, 0.05) is 6.07 Å². The van der Waals surface area contributed by atoms with E-state index < -0.39 is 22.8 Å². The zero-order valence-electron chi connectivity index (χ0n) is 15.8. The topological polar surface area (TPSA) is 113 Å². The van der Waals surface area contributed by atoms with Crippen molar-refractivity contribution in [1.82, 2.24) is 4.90 Å². The van der Waals surface area contributed by atoms with Crippen molar-refractivity contribution in [3.63, 3.8) is 0 Å². The summed E-state index contributed by atoms with van der Waals surface area (Å²) in [7, 11) is 0. The van der Waals surface area contributed by atoms with Crippen molar-refractivity contribution in [3.05, 3.63) is 69.8 Å². The lowest BCUT2D eigenvalue weighted by molar-refractivity contribution is -0.384. The van der Waals surface area contributed by atoms with Gasteiger partial charge in [0.2, 0.25) is 5.91 Å². The Balaban J connectivity index is 2.42. The van der Waals surface area contributed by atoms with Crippen LogP contribution in [0, 0.1) is 17.0 Å². The Labute approximate surface area is 162 Å². The van der Waals surface area contributed by atoms with Crippen molar-refractivity contribution in [3.8, 4) is 0 Å². The van der Waals surface area contributed by atoms with Gasteiger partial charge in [-0.3, -0.25) is 24.6 Å². The molecule has 2 aromatic carbocycles. The minimum atomic E-state index is -1.05. The molecule has 1 amide bonds. The molecule has 0 aromatic heterocycles. The van der Waals surface area contributed by atoms with Gasteiger partial charge in [-0.1, -0.05) is 43.3 Å². The van der Waals surface area contributed by atoms with Gasteiger partial charge in [0.1, 0.15) is 11.7 Å². The smallest absolute Gasteiger partial charge is 0.317 e. The number of carbonyl (C=O) groups is 2. The van der Waals surface area contributed by atoms with Crippen LogP contribution in [0.4, 0.5) is 11.4 Å². The third kappa shape index (κ3) is 5.37. The van der Waals surface area contributed by atoms with E-state index >= 15 is 0 Å². The Morgan fingerprint density at radius 1 is 1.21 bits per heavy atom. The summed E-state index contributed by atoms with van der Waals surface area (Å²) in [6.45, 7) is 3.67. The fraction of sp³-hybridized carbons (Fsp3) is 0.300. The maximum Gasteiger partial charge on any atom is 0.317 e. The summed E-state index contributed by atoms with van der Waals surface area (Å²) < 4.78 is 0. The molecule has 2 aromatic rings. The van der Waals surface area contributed by atoms with Gasteiger partial charge in [-0.15, -0.1) is 0 Å². The van der Waals surface area contributed by atoms with Gasteiger partial charge >= 0.3 is 5.97 Å². The van der Waals surface area contributed by atoms with Crippen LogP contribution in [0.25, 0.3) is 0 Å². The van der Waals surface area contributed by atoms with E-state index in [2.05, 4.69) is 5.32 Å². The van der Waals surface area contributed by atoms with E-state index in [1.807, 2.05) is 6.92 Å². The average molecular weight is 385 g/mol. The number of carboxylic acids is 1. The molecule has 0 aliphatic rings. The molecule has 0 saturated carbocycles. The van der Waals surface area contributed by atoms with E-state index in [-0.39, 0.29) is 17.9 Å². The van der Waals surface area contributed by atoms with E-state index in [1.165, 1.54) is 12.1 Å². The van der Waals surface area contributed by atoms with Gasteiger partial charge in [-0.2, -0.15) is 0 Å². The minimum Gasteiger partial charge on any atom is -0.480 e. The lowest BCUT2D eigenvalue weighted by Crippen LogP contribution is -2.40. The number of carbonyl (C=O) groups excluding carboxylic acids is 1. The minimum absolute atomic E-state index is 0.0771. The molecule has 0 spiro atoms. The lowest BCUT2D eigenvalue weighted by Gasteiger charge is -2.29. The summed E-state index contributed by atoms with van der Waals surface area (Å²) in [6.07, 6.45) is 0.647. The van der Waals surface area contributed by atoms with Crippen LogP contribution < -0.4 is 5.32 Å². The Morgan fingerprint density at radius 3 is 2.46 bits per heavy atom. The molecule has 0 aliphatic heterocycles. The van der Waals surface area contributed by atoms with E-state index in [4.69, 9.17) is 0 Å². The van der Waals surface area contributed by atoms with Crippen LogP contribution >= 0.6 is 0 Å². The molecule has 1 unspecified atom stereocenters. The first-order valence-electron chi connectivity index (χ1n) is 8.90. The second kappa shape index (κ2) is 9.61. The number of rotatable bonds is 9. The van der Waals surface area contributed by atoms with Crippen molar-refractivity contribution in [2.75, 3.05) is 18.4 Å². The van der Waals surface area contributed by atoms with Crippen LogP contribution in [0.5, 0.6) is 0 Å². The zero-order valence-corrected chi connectivity index (χ0v) is 15.8. The number of anilines is 1. The van der Waals surface area contributed by atoms with E-state index in [0.29, 0.717) is 24.1 Å². The third-order valence-corrected chi connectivity index (χ3v) is 4.19. The fourth-order valence-corrected chi connectivity index (χ4v) is 3.02. The molecule has 0 aliphatic carbocycles. The van der Waals surface area contributed by atoms with Crippen LogP contribution in [-0.2, 0) is 9.59 Å². The highest BCUT2D eigenvalue weighted by atomic mass is 16.6. The fourth-order valence-electron chi connectivity index (χ4n) is 3.02. The molecule has 8 heteroatoms. The molecule has 0 saturated heterocycles. The van der Waals surface area contributed by atoms with Crippen molar-refractivity contribution in [2.24, 2.45) is 0 Å². The largest absolute Gasteiger partial charge is 0.480 e. The molecule has 0 fully saturated rings. The molecule has 0 radical (unpaired) electrons. The highest BCUT2D eigenvalue weighted by molar-refractivity contribution is 5.97. The van der Waals surface area contributed by atoms with Crippen LogP contribution in [0.2, 0.25) is 0 Å². The Bertz CT molecular complexity index is 854. The van der Waals surface area contributed by atoms with Crippen LogP contribution in [-0.4, -0.2) is 39.9 Å². The summed E-state index contributed by atoms with van der Waals surface area (Å²) in [6, 6.07) is 12.4. The summed E-state index contributed by atoms with van der Waals surface area (Å²) in [4.78, 5) is 36.8. The molecule has 148 valence electrons. The van der Waals surface area contributed by atoms with Gasteiger partial charge in [-0.25, -0.2) is 0 Å². The number of benzene rings is 2. The predicted octanol–water partition coefficient (Wildman–Crippen LogP) is 3.38. The maximum atomic E-state index is 13.1. The lowest BCUT2D eigenvalue weighted by atomic mass is 10.0. The van der Waals surface area contributed by atoms with Crippen LogP contribution in [0.1, 0.15) is 30.5 Å². The number of nitro groups is 1. The molecular formula is C20H23N3O5. The summed E-state index contributed by atoms with van der Waals surface area (Å²) in [5.41, 5.74) is 1.18. The first kappa shape index (κ1) is 21.0. The standard InChI is InChI=1S/C20H23N3O5/c1-3-11-22(13-18(24)25)19(15-7-5-4-6-8-15)20(26)21-16-10-9-14(2)12-17(16)23(27)28/h4-10,12,19H,3,11,13H2,1-2H3,(H,21,26)(H,24,25). The first-order valence-corrected chi connectivity index (χ1v) is 8.90. The van der Waals surface area contributed by atoms with Crippen LogP contribution in [0.3, 0.4) is 0 Å². The zero-order chi connectivity index (χ0) is 20.7. The molecule has 0 heterocycles. The third-order valence-electron chi connectivity index (χ3n) is 4.19. The van der Waals surface area contributed by atoms with Crippen molar-refractivity contribution < 1.29 is 19.6 Å². The molecule has 8 nitrogen and oxygen atoms in total. The Morgan fingerprint density at radius 2 is 1.89 bits per heavy atom. The number of carboxylic acid groups (broad SMARTS) is 1. The number of aryl methyl sites for hydroxylation is 1. The van der Waals surface area contributed by atoms with Gasteiger partial charge in [0.15, 0.2) is 0 Å². The van der Waals surface area contributed by atoms with Gasteiger partial charge in [0.25, 0.3) is 5.69 Å². The molecule has 28 heavy (non-hydrogen) atoms. The number of nitro benzene ring substituents is 1. The van der Waals surface area contributed by atoms with E-state index in [9.17, 15) is 24.8 Å². The number of nitrogens with one attached hydrogen (secondary N) is 1. The normalized spacial score (nSPS) is 11.8. The van der Waals surface area contributed by atoms with E-state index in [0.717, 1.165) is 0 Å². The van der Waals surface area contributed by atoms with Gasteiger partial charge < -0.3 is 10.4 Å². The first-order chi connectivity index (χ1) is 13.3. The number of aliphatic carboxylic acids is 1. The summed E-state index contributed by atoms with van der Waals surface area (Å²) in [5, 5.41) is 23.2. The predicted molar refractivity (Wildman–Crippen MR) is 105 cm³/mol. The molecule has 2 rings (SSSR count). The SMILES string of the molecule is CCCN(CC(=O)O)C(C(=O)Nc1ccc(C)cc1[N+](=O)[O-])c1ccccc1. The number of hydrogen-bond donors (Lipinski definition) is 2. The van der Waals surface area contributed by atoms with Crippen molar-refractivity contribution >= 4 is 23.3 Å². The highest BCUT2D eigenvalue weighted by Gasteiger charge is 2.30. The highest BCUT2D eigenvalue weighted by Crippen LogP contribution is 2.28. The average Bonchev–Trinajstić information content (AvgIpc) is 2.64. The Hall–Kier alpha value is -3.26. The maximum absolute atomic E-state index is 13.1. The molecule has 0 bridgehead atoms. The number of nitrogens with zero attached hydrogens (tertiary/aromatic N) is 2. The number of amides is 1. The molecule has 2 N–H and O–H groups in total. The van der Waals surface area contributed by atoms with Crippen LogP contribution in [0.15, 0.2) is 48.5 Å². The van der Waals surface area contributed by atoms with Gasteiger partial charge in [-0.05, 0) is 37.1 Å². The van der Waals surface area contributed by atoms with E-state index in [1.54, 1.807) is 48.2 Å². The monoisotopic (exact) mass is 385 g/mol. The van der Waals surface area contributed by atoms with Crippen molar-refractivity contribution in [1.29, 1.82) is 0 Å². The molecular weight excluding hydrogens is 362 g/mol. The quantitative estimate of drug-likeness (QED) is 0.505. The van der Waals surface area contributed by atoms with Crippen molar-refractivity contribution in [2.45, 2.75) is 26.3 Å². The number of hydrogen-bond acceptors (Lipinski definition) is 5. The second-order valence-electron chi connectivity index (χ2n) is 6.44. The second-order valence-corrected chi connectivity index (χ2v) is 6.44. The molecule has 1 atom stereocenters.